The van der Waals surface area contributed by atoms with Crippen LogP contribution in [0.4, 0.5) is 5.69 Å². The number of hydrogen-bond acceptors (Lipinski definition) is 5. The smallest absolute Gasteiger partial charge is 0.344 e. The Hall–Kier alpha value is -3.20. The molecule has 0 unspecified atom stereocenters. The SMILES string of the molecule is O=C(N/N=C/c1ccccc1OC(=O)c1ccccc1Br)C(=O)Nc1cccc(Cl)c1Cl. The van der Waals surface area contributed by atoms with E-state index in [1.807, 2.05) is 0 Å². The van der Waals surface area contributed by atoms with Gasteiger partial charge in [-0.1, -0.05) is 53.5 Å². The Bertz CT molecular complexity index is 1220. The average Bonchev–Trinajstić information content (AvgIpc) is 2.78. The number of nitrogens with zero attached hydrogens (tertiary/aromatic N) is 1. The molecule has 0 radical (unpaired) electrons. The molecule has 0 fully saturated rings. The number of carbonyl (C=O) groups excluding carboxylic acids is 3. The Morgan fingerprint density at radius 1 is 0.906 bits per heavy atom. The number of hydrogen-bond donors (Lipinski definition) is 2. The lowest BCUT2D eigenvalue weighted by Gasteiger charge is -2.08. The summed E-state index contributed by atoms with van der Waals surface area (Å²) in [4.78, 5) is 36.5. The zero-order valence-corrected chi connectivity index (χ0v) is 19.2. The summed E-state index contributed by atoms with van der Waals surface area (Å²) in [5.74, 6) is -2.36. The molecule has 10 heteroatoms. The molecular weight excluding hydrogens is 521 g/mol. The lowest BCUT2D eigenvalue weighted by molar-refractivity contribution is -0.136. The van der Waals surface area contributed by atoms with Crippen molar-refractivity contribution in [3.05, 3.63) is 92.4 Å². The van der Waals surface area contributed by atoms with Crippen molar-refractivity contribution in [2.24, 2.45) is 5.10 Å². The second kappa shape index (κ2) is 10.9. The number of ether oxygens (including phenoxy) is 1. The highest BCUT2D eigenvalue weighted by Gasteiger charge is 2.16. The summed E-state index contributed by atoms with van der Waals surface area (Å²) >= 11 is 15.2. The summed E-state index contributed by atoms with van der Waals surface area (Å²) in [6.45, 7) is 0. The van der Waals surface area contributed by atoms with E-state index in [0.717, 1.165) is 0 Å². The van der Waals surface area contributed by atoms with E-state index in [4.69, 9.17) is 27.9 Å². The monoisotopic (exact) mass is 533 g/mol. The van der Waals surface area contributed by atoms with Crippen LogP contribution in [0.5, 0.6) is 5.75 Å². The van der Waals surface area contributed by atoms with Crippen LogP contribution in [0.25, 0.3) is 0 Å². The lowest BCUT2D eigenvalue weighted by Crippen LogP contribution is -2.32. The highest BCUT2D eigenvalue weighted by Crippen LogP contribution is 2.29. The Morgan fingerprint density at radius 3 is 2.41 bits per heavy atom. The van der Waals surface area contributed by atoms with Crippen LogP contribution in [0.3, 0.4) is 0 Å². The number of hydrazone groups is 1. The number of halogens is 3. The molecule has 7 nitrogen and oxygen atoms in total. The van der Waals surface area contributed by atoms with E-state index in [1.54, 1.807) is 60.7 Å². The first-order valence-electron chi connectivity index (χ1n) is 9.01. The highest BCUT2D eigenvalue weighted by molar-refractivity contribution is 9.10. The van der Waals surface area contributed by atoms with E-state index >= 15 is 0 Å². The quantitative estimate of drug-likeness (QED) is 0.157. The van der Waals surface area contributed by atoms with Gasteiger partial charge in [0.2, 0.25) is 0 Å². The molecule has 0 spiro atoms. The van der Waals surface area contributed by atoms with Crippen molar-refractivity contribution in [3.63, 3.8) is 0 Å². The highest BCUT2D eigenvalue weighted by atomic mass is 79.9. The van der Waals surface area contributed by atoms with E-state index in [2.05, 4.69) is 31.8 Å². The van der Waals surface area contributed by atoms with Gasteiger partial charge in [0.05, 0.1) is 27.5 Å². The van der Waals surface area contributed by atoms with E-state index in [9.17, 15) is 14.4 Å². The molecule has 0 saturated heterocycles. The molecule has 3 rings (SSSR count). The average molecular weight is 535 g/mol. The summed E-state index contributed by atoms with van der Waals surface area (Å²) in [5, 5.41) is 6.45. The van der Waals surface area contributed by atoms with Crippen LogP contribution in [0, 0.1) is 0 Å². The summed E-state index contributed by atoms with van der Waals surface area (Å²) in [7, 11) is 0. The third-order valence-electron chi connectivity index (χ3n) is 3.99. The van der Waals surface area contributed by atoms with Gasteiger partial charge in [0.15, 0.2) is 0 Å². The number of amides is 2. The van der Waals surface area contributed by atoms with E-state index in [1.165, 1.54) is 12.3 Å². The van der Waals surface area contributed by atoms with Crippen molar-refractivity contribution in [1.82, 2.24) is 5.43 Å². The maximum atomic E-state index is 12.4. The summed E-state index contributed by atoms with van der Waals surface area (Å²) in [5.41, 5.74) is 3.05. The fourth-order valence-electron chi connectivity index (χ4n) is 2.45. The molecule has 2 amide bonds. The molecule has 0 atom stereocenters. The molecular formula is C22H14BrCl2N3O4. The minimum absolute atomic E-state index is 0.111. The van der Waals surface area contributed by atoms with Gasteiger partial charge >= 0.3 is 17.8 Å². The Morgan fingerprint density at radius 2 is 1.62 bits per heavy atom. The van der Waals surface area contributed by atoms with Gasteiger partial charge in [-0.15, -0.1) is 0 Å². The fraction of sp³-hybridized carbons (Fsp3) is 0. The Labute approximate surface area is 201 Å². The third-order valence-corrected chi connectivity index (χ3v) is 5.50. The summed E-state index contributed by atoms with van der Waals surface area (Å²) < 4.78 is 6.03. The molecule has 0 aliphatic heterocycles. The predicted octanol–water partition coefficient (Wildman–Crippen LogP) is 5.06. The molecule has 162 valence electrons. The van der Waals surface area contributed by atoms with Crippen molar-refractivity contribution in [1.29, 1.82) is 0 Å². The van der Waals surface area contributed by atoms with E-state index < -0.39 is 17.8 Å². The molecule has 2 N–H and O–H groups in total. The molecule has 0 aliphatic carbocycles. The molecule has 3 aromatic rings. The van der Waals surface area contributed by atoms with Crippen LogP contribution in [0.2, 0.25) is 10.0 Å². The zero-order chi connectivity index (χ0) is 23.1. The molecule has 0 aliphatic rings. The summed E-state index contributed by atoms with van der Waals surface area (Å²) in [6, 6.07) is 18.0. The zero-order valence-electron chi connectivity index (χ0n) is 16.1. The van der Waals surface area contributed by atoms with Crippen molar-refractivity contribution in [2.45, 2.75) is 0 Å². The number of benzene rings is 3. The first-order chi connectivity index (χ1) is 15.4. The predicted molar refractivity (Wildman–Crippen MR) is 126 cm³/mol. The first kappa shape index (κ1) is 23.5. The van der Waals surface area contributed by atoms with Crippen LogP contribution < -0.4 is 15.5 Å². The van der Waals surface area contributed by atoms with Crippen molar-refractivity contribution in [3.8, 4) is 5.75 Å². The van der Waals surface area contributed by atoms with Crippen molar-refractivity contribution >= 4 is 68.8 Å². The number of anilines is 1. The maximum Gasteiger partial charge on any atom is 0.344 e. The van der Waals surface area contributed by atoms with Crippen LogP contribution in [-0.4, -0.2) is 24.0 Å². The van der Waals surface area contributed by atoms with Gasteiger partial charge in [-0.2, -0.15) is 5.10 Å². The molecule has 0 saturated carbocycles. The van der Waals surface area contributed by atoms with Crippen LogP contribution in [0.1, 0.15) is 15.9 Å². The molecule has 3 aromatic carbocycles. The third kappa shape index (κ3) is 5.94. The largest absolute Gasteiger partial charge is 0.422 e. The van der Waals surface area contributed by atoms with Gasteiger partial charge < -0.3 is 10.1 Å². The molecule has 32 heavy (non-hydrogen) atoms. The molecule has 0 heterocycles. The van der Waals surface area contributed by atoms with E-state index in [-0.39, 0.29) is 21.5 Å². The summed E-state index contributed by atoms with van der Waals surface area (Å²) in [6.07, 6.45) is 1.25. The number of rotatable bonds is 5. The van der Waals surface area contributed by atoms with Crippen molar-refractivity contribution < 1.29 is 19.1 Å². The number of nitrogens with one attached hydrogen (secondary N) is 2. The van der Waals surface area contributed by atoms with Crippen molar-refractivity contribution in [2.75, 3.05) is 5.32 Å². The van der Waals surface area contributed by atoms with Crippen LogP contribution in [0.15, 0.2) is 76.3 Å². The number of carbonyl (C=O) groups is 3. The van der Waals surface area contributed by atoms with Crippen LogP contribution in [-0.2, 0) is 9.59 Å². The topological polar surface area (TPSA) is 96.9 Å². The van der Waals surface area contributed by atoms with Crippen LogP contribution >= 0.6 is 39.1 Å². The number of esters is 1. The lowest BCUT2D eigenvalue weighted by atomic mass is 10.2. The molecule has 0 bridgehead atoms. The standard InChI is InChI=1S/C22H14BrCl2N3O4/c23-15-8-3-2-7-14(15)22(31)32-18-11-4-1-6-13(18)12-26-28-21(30)20(29)27-17-10-5-9-16(24)19(17)25/h1-12H,(H,27,29)(H,28,30)/b26-12+. The normalized spacial score (nSPS) is 10.6. The number of para-hydroxylation sites is 1. The fourth-order valence-corrected chi connectivity index (χ4v) is 3.25. The Kier molecular flexibility index (Phi) is 7.99. The minimum Gasteiger partial charge on any atom is -0.422 e. The van der Waals surface area contributed by atoms with E-state index in [0.29, 0.717) is 15.6 Å². The van der Waals surface area contributed by atoms with Gasteiger partial charge in [0, 0.05) is 10.0 Å². The first-order valence-corrected chi connectivity index (χ1v) is 10.6. The van der Waals surface area contributed by atoms with Gasteiger partial charge in [0.1, 0.15) is 5.75 Å². The maximum absolute atomic E-state index is 12.4. The van der Waals surface area contributed by atoms with Gasteiger partial charge in [-0.3, -0.25) is 9.59 Å². The van der Waals surface area contributed by atoms with Gasteiger partial charge in [-0.05, 0) is 52.3 Å². The minimum atomic E-state index is -1.03. The Balaban J connectivity index is 1.65. The second-order valence-corrected chi connectivity index (χ2v) is 7.80. The van der Waals surface area contributed by atoms with Gasteiger partial charge in [-0.25, -0.2) is 10.2 Å². The van der Waals surface area contributed by atoms with Gasteiger partial charge in [0.25, 0.3) is 0 Å². The second-order valence-electron chi connectivity index (χ2n) is 6.16. The molecule has 0 aromatic heterocycles.